The third-order valence-corrected chi connectivity index (χ3v) is 6.98. The van der Waals surface area contributed by atoms with Crippen LogP contribution in [0.5, 0.6) is 5.75 Å². The van der Waals surface area contributed by atoms with E-state index in [9.17, 15) is 9.59 Å². The average Bonchev–Trinajstić information content (AvgIpc) is 2.85. The Kier molecular flexibility index (Phi) is 8.77. The maximum atomic E-state index is 12.5. The van der Waals surface area contributed by atoms with Crippen molar-refractivity contribution in [1.82, 2.24) is 9.47 Å². The van der Waals surface area contributed by atoms with Crippen molar-refractivity contribution in [2.45, 2.75) is 32.8 Å². The van der Waals surface area contributed by atoms with Gasteiger partial charge in [0, 0.05) is 38.3 Å². The molecule has 2 aromatic carbocycles. The fourth-order valence-corrected chi connectivity index (χ4v) is 4.74. The summed E-state index contributed by atoms with van der Waals surface area (Å²) >= 11 is 12.5. The second-order valence-electron chi connectivity index (χ2n) is 9.12. The number of unbranched alkanes of at least 4 members (excludes halogenated alkanes) is 1. The summed E-state index contributed by atoms with van der Waals surface area (Å²) < 4.78 is 12.2. The van der Waals surface area contributed by atoms with Crippen molar-refractivity contribution in [3.8, 4) is 5.75 Å². The highest BCUT2D eigenvalue weighted by molar-refractivity contribution is 6.43. The zero-order chi connectivity index (χ0) is 25.7. The van der Waals surface area contributed by atoms with Crippen LogP contribution in [0.25, 0.3) is 10.9 Å². The molecule has 1 aromatic heterocycles. The minimum Gasteiger partial charge on any atom is -0.494 e. The molecular formula is C27H31Cl2N3O4. The Morgan fingerprint density at radius 3 is 2.50 bits per heavy atom. The van der Waals surface area contributed by atoms with Crippen molar-refractivity contribution in [3.63, 3.8) is 0 Å². The largest absolute Gasteiger partial charge is 0.494 e. The van der Waals surface area contributed by atoms with E-state index in [1.165, 1.54) is 6.07 Å². The molecule has 1 saturated heterocycles. The molecule has 1 fully saturated rings. The van der Waals surface area contributed by atoms with E-state index >= 15 is 0 Å². The number of pyridine rings is 1. The van der Waals surface area contributed by atoms with Gasteiger partial charge in [0.25, 0.3) is 5.56 Å². The van der Waals surface area contributed by atoms with Gasteiger partial charge in [-0.3, -0.25) is 9.69 Å². The number of fused-ring (bicyclic) bond motifs is 1. The molecule has 0 N–H and O–H groups in total. The summed E-state index contributed by atoms with van der Waals surface area (Å²) in [6, 6.07) is 14.2. The molecule has 0 atom stereocenters. The number of halogens is 2. The van der Waals surface area contributed by atoms with Crippen LogP contribution in [-0.2, 0) is 4.74 Å². The number of carbonyl (C=O) groups is 1. The van der Waals surface area contributed by atoms with E-state index in [2.05, 4.69) is 9.80 Å². The average molecular weight is 532 g/mol. The van der Waals surface area contributed by atoms with Gasteiger partial charge in [-0.2, -0.15) is 0 Å². The molecule has 36 heavy (non-hydrogen) atoms. The molecule has 0 saturated carbocycles. The highest BCUT2D eigenvalue weighted by atomic mass is 35.5. The first-order chi connectivity index (χ1) is 17.3. The molecule has 192 valence electrons. The molecule has 2 heterocycles. The summed E-state index contributed by atoms with van der Waals surface area (Å²) in [6.45, 7) is 8.81. The number of nitrogens with zero attached hydrogens (tertiary/aromatic N) is 3. The predicted molar refractivity (Wildman–Crippen MR) is 145 cm³/mol. The van der Waals surface area contributed by atoms with Crippen molar-refractivity contribution in [2.24, 2.45) is 0 Å². The minimum atomic E-state index is -0.685. The third-order valence-electron chi connectivity index (χ3n) is 6.17. The van der Waals surface area contributed by atoms with E-state index in [0.717, 1.165) is 61.2 Å². The van der Waals surface area contributed by atoms with Gasteiger partial charge in [-0.1, -0.05) is 29.3 Å². The summed E-state index contributed by atoms with van der Waals surface area (Å²) in [5.41, 5.74) is 1.04. The Hall–Kier alpha value is -2.74. The lowest BCUT2D eigenvalue weighted by molar-refractivity contribution is 0.117. The van der Waals surface area contributed by atoms with E-state index in [-0.39, 0.29) is 6.10 Å². The second-order valence-corrected chi connectivity index (χ2v) is 9.90. The number of hydrogen-bond acceptors (Lipinski definition) is 6. The van der Waals surface area contributed by atoms with Gasteiger partial charge in [-0.15, -0.1) is 0 Å². The smallest absolute Gasteiger partial charge is 0.421 e. The monoisotopic (exact) mass is 531 g/mol. The number of benzene rings is 2. The second kappa shape index (κ2) is 12.0. The van der Waals surface area contributed by atoms with Gasteiger partial charge in [-0.05, 0) is 69.0 Å². The molecule has 1 aliphatic heterocycles. The van der Waals surface area contributed by atoms with Crippen LogP contribution >= 0.6 is 23.2 Å². The summed E-state index contributed by atoms with van der Waals surface area (Å²) in [6.07, 6.45) is 0.902. The van der Waals surface area contributed by atoms with Crippen molar-refractivity contribution in [1.29, 1.82) is 0 Å². The van der Waals surface area contributed by atoms with Gasteiger partial charge in [0.15, 0.2) is 0 Å². The first kappa shape index (κ1) is 26.3. The molecule has 0 amide bonds. The number of aromatic nitrogens is 1. The number of ether oxygens (including phenoxy) is 2. The molecule has 3 aromatic rings. The van der Waals surface area contributed by atoms with Crippen LogP contribution in [0, 0.1) is 0 Å². The van der Waals surface area contributed by atoms with Crippen molar-refractivity contribution in [2.75, 3.05) is 44.2 Å². The molecule has 1 aliphatic rings. The quantitative estimate of drug-likeness (QED) is 0.348. The molecule has 4 rings (SSSR count). The summed E-state index contributed by atoms with van der Waals surface area (Å²) in [5.74, 6) is 0.617. The van der Waals surface area contributed by atoms with E-state index in [4.69, 9.17) is 32.7 Å². The first-order valence-corrected chi connectivity index (χ1v) is 13.0. The molecule has 0 radical (unpaired) electrons. The topological polar surface area (TPSA) is 64.0 Å². The normalized spacial score (nSPS) is 14.4. The summed E-state index contributed by atoms with van der Waals surface area (Å²) in [7, 11) is 0. The maximum absolute atomic E-state index is 12.5. The van der Waals surface area contributed by atoms with Gasteiger partial charge in [0.1, 0.15) is 5.75 Å². The van der Waals surface area contributed by atoms with Crippen LogP contribution in [0.2, 0.25) is 10.0 Å². The lowest BCUT2D eigenvalue weighted by Gasteiger charge is -2.36. The van der Waals surface area contributed by atoms with Gasteiger partial charge < -0.3 is 14.4 Å². The zero-order valence-electron chi connectivity index (χ0n) is 20.6. The highest BCUT2D eigenvalue weighted by Crippen LogP contribution is 2.32. The van der Waals surface area contributed by atoms with Crippen LogP contribution in [-0.4, -0.2) is 61.0 Å². The minimum absolute atomic E-state index is 0.322. The standard InChI is InChI=1S/C27H31Cl2N3O4/c1-19(2)36-27(34)32-24-18-21(10-8-20(24)9-11-25(32)33)35-17-4-3-12-30-13-15-31(16-14-30)23-7-5-6-22(28)26(23)29/h5-11,18-19H,3-4,12-17H2,1-2H3. The number of carbonyl (C=O) groups excluding carboxylic acids is 1. The molecule has 0 unspecified atom stereocenters. The van der Waals surface area contributed by atoms with E-state index in [1.54, 1.807) is 26.0 Å². The SMILES string of the molecule is CC(C)OC(=O)n1c(=O)ccc2ccc(OCCCCN3CCN(c4cccc(Cl)c4Cl)CC3)cc21. The lowest BCUT2D eigenvalue weighted by Crippen LogP contribution is -2.46. The van der Waals surface area contributed by atoms with Crippen molar-refractivity contribution in [3.05, 3.63) is 68.9 Å². The zero-order valence-corrected chi connectivity index (χ0v) is 22.1. The van der Waals surface area contributed by atoms with Crippen molar-refractivity contribution < 1.29 is 14.3 Å². The number of anilines is 1. The van der Waals surface area contributed by atoms with Crippen molar-refractivity contribution >= 4 is 45.9 Å². The van der Waals surface area contributed by atoms with Gasteiger partial charge in [0.05, 0.1) is 34.0 Å². The Labute approximate surface area is 221 Å². The van der Waals surface area contributed by atoms with Crippen LogP contribution < -0.4 is 15.2 Å². The maximum Gasteiger partial charge on any atom is 0.421 e. The summed E-state index contributed by atoms with van der Waals surface area (Å²) in [4.78, 5) is 29.5. The number of hydrogen-bond donors (Lipinski definition) is 0. The van der Waals surface area contributed by atoms with E-state index < -0.39 is 11.7 Å². The van der Waals surface area contributed by atoms with Gasteiger partial charge >= 0.3 is 6.09 Å². The molecule has 9 heteroatoms. The first-order valence-electron chi connectivity index (χ1n) is 12.2. The van der Waals surface area contributed by atoms with E-state index in [0.29, 0.717) is 27.9 Å². The predicted octanol–water partition coefficient (Wildman–Crippen LogP) is 5.68. The van der Waals surface area contributed by atoms with Crippen LogP contribution in [0.15, 0.2) is 53.3 Å². The van der Waals surface area contributed by atoms with E-state index in [1.807, 2.05) is 30.3 Å². The fourth-order valence-electron chi connectivity index (χ4n) is 4.32. The molecular weight excluding hydrogens is 501 g/mol. The summed E-state index contributed by atoms with van der Waals surface area (Å²) in [5, 5.41) is 1.97. The molecule has 0 bridgehead atoms. The number of piperazine rings is 1. The number of rotatable bonds is 8. The van der Waals surface area contributed by atoms with Gasteiger partial charge in [-0.25, -0.2) is 9.36 Å². The Morgan fingerprint density at radius 1 is 1.00 bits per heavy atom. The van der Waals surface area contributed by atoms with Gasteiger partial charge in [0.2, 0.25) is 0 Å². The molecule has 7 nitrogen and oxygen atoms in total. The Balaban J connectivity index is 1.26. The highest BCUT2D eigenvalue weighted by Gasteiger charge is 2.19. The van der Waals surface area contributed by atoms with Crippen LogP contribution in [0.1, 0.15) is 26.7 Å². The molecule has 0 aliphatic carbocycles. The third kappa shape index (κ3) is 6.33. The van der Waals surface area contributed by atoms with Crippen LogP contribution in [0.3, 0.4) is 0 Å². The van der Waals surface area contributed by atoms with Crippen LogP contribution in [0.4, 0.5) is 10.5 Å². The molecule has 0 spiro atoms. The lowest BCUT2D eigenvalue weighted by atomic mass is 10.2. The Bertz CT molecular complexity index is 1270. The Morgan fingerprint density at radius 2 is 1.75 bits per heavy atom. The fraction of sp³-hybridized carbons (Fsp3) is 0.407.